The minimum Gasteiger partial charge on any atom is -0.448 e. The third-order valence-corrected chi connectivity index (χ3v) is 9.94. The molecule has 2 aliphatic rings. The summed E-state index contributed by atoms with van der Waals surface area (Å²) >= 11 is 15.3. The summed E-state index contributed by atoms with van der Waals surface area (Å²) in [5.41, 5.74) is 1.55. The molecule has 1 aromatic heterocycles. The quantitative estimate of drug-likeness (QED) is 0.134. The van der Waals surface area contributed by atoms with E-state index in [9.17, 15) is 19.2 Å². The van der Waals surface area contributed by atoms with Crippen LogP contribution in [0.25, 0.3) is 0 Å². The highest BCUT2D eigenvalue weighted by Gasteiger charge is 2.55. The number of nitrogens with zero attached hydrogens (tertiary/aromatic N) is 2. The van der Waals surface area contributed by atoms with Gasteiger partial charge in [0.1, 0.15) is 27.4 Å². The molecule has 8 nitrogen and oxygen atoms in total. The Kier molecular flexibility index (Phi) is 9.85. The van der Waals surface area contributed by atoms with Crippen LogP contribution in [0.3, 0.4) is 0 Å². The molecule has 42 heavy (non-hydrogen) atoms. The maximum Gasteiger partial charge on any atom is 0.356 e. The van der Waals surface area contributed by atoms with Gasteiger partial charge in [-0.3, -0.25) is 19.3 Å². The molecule has 1 N–H and O–H groups in total. The molecule has 2 amide bonds. The predicted octanol–water partition coefficient (Wildman–Crippen LogP) is 5.70. The zero-order valence-corrected chi connectivity index (χ0v) is 26.0. The predicted molar refractivity (Wildman–Crippen MR) is 166 cm³/mol. The fourth-order valence-electron chi connectivity index (χ4n) is 4.47. The number of aromatic nitrogens is 1. The maximum absolute atomic E-state index is 13.8. The second-order valence-electron chi connectivity index (χ2n) is 9.16. The van der Waals surface area contributed by atoms with Gasteiger partial charge in [-0.15, -0.1) is 23.5 Å². The van der Waals surface area contributed by atoms with E-state index in [2.05, 4.69) is 10.3 Å². The first-order valence-electron chi connectivity index (χ1n) is 12.6. The highest BCUT2D eigenvalue weighted by Crippen LogP contribution is 2.44. The Balaban J connectivity index is 1.33. The molecule has 2 aliphatic heterocycles. The van der Waals surface area contributed by atoms with Crippen LogP contribution in [0.4, 0.5) is 0 Å². The minimum atomic E-state index is -0.835. The summed E-state index contributed by atoms with van der Waals surface area (Å²) in [5.74, 6) is -1.22. The lowest BCUT2D eigenvalue weighted by atomic mass is 10.0. The average Bonchev–Trinajstić information content (AvgIpc) is 2.97. The van der Waals surface area contributed by atoms with Crippen molar-refractivity contribution in [3.8, 4) is 0 Å². The van der Waals surface area contributed by atoms with Crippen molar-refractivity contribution in [1.82, 2.24) is 15.2 Å². The van der Waals surface area contributed by atoms with E-state index >= 15 is 0 Å². The number of benzene rings is 2. The first kappa shape index (κ1) is 30.5. The highest BCUT2D eigenvalue weighted by atomic mass is 35.5. The van der Waals surface area contributed by atoms with Gasteiger partial charge in [0.25, 0.3) is 5.91 Å². The van der Waals surface area contributed by atoms with Crippen LogP contribution >= 0.6 is 58.5 Å². The lowest BCUT2D eigenvalue weighted by Crippen LogP contribution is -2.70. The molecule has 0 radical (unpaired) electrons. The fraction of sp³-hybridized carbons (Fsp3) is 0.207. The van der Waals surface area contributed by atoms with E-state index in [0.29, 0.717) is 15.6 Å². The molecule has 3 heterocycles. The second kappa shape index (κ2) is 13.6. The number of amides is 2. The van der Waals surface area contributed by atoms with Crippen LogP contribution < -0.4 is 5.32 Å². The molecule has 216 valence electrons. The molecule has 0 saturated carbocycles. The van der Waals surface area contributed by atoms with E-state index in [1.807, 2.05) is 60.7 Å². The van der Waals surface area contributed by atoms with Crippen LogP contribution in [0.15, 0.2) is 88.3 Å². The number of hydrogen-bond acceptors (Lipinski definition) is 9. The van der Waals surface area contributed by atoms with Crippen LogP contribution in [-0.2, 0) is 23.9 Å². The van der Waals surface area contributed by atoms with E-state index in [4.69, 9.17) is 27.9 Å². The summed E-state index contributed by atoms with van der Waals surface area (Å²) in [6.45, 7) is 1.40. The number of halogens is 2. The Bertz CT molecular complexity index is 1500. The summed E-state index contributed by atoms with van der Waals surface area (Å²) < 4.78 is 6.06. The topological polar surface area (TPSA) is 106 Å². The molecule has 3 aromatic rings. The molecule has 0 unspecified atom stereocenters. The van der Waals surface area contributed by atoms with Gasteiger partial charge in [0.05, 0.1) is 5.75 Å². The number of nitrogens with one attached hydrogen (secondary N) is 1. The van der Waals surface area contributed by atoms with Crippen molar-refractivity contribution in [3.63, 3.8) is 0 Å². The van der Waals surface area contributed by atoms with Crippen molar-refractivity contribution in [2.75, 3.05) is 11.5 Å². The Labute approximate surface area is 264 Å². The second-order valence-corrected chi connectivity index (χ2v) is 13.4. The lowest BCUT2D eigenvalue weighted by molar-refractivity contribution is -0.154. The number of hydrogen-bond donors (Lipinski definition) is 1. The van der Waals surface area contributed by atoms with Crippen molar-refractivity contribution < 1.29 is 23.9 Å². The van der Waals surface area contributed by atoms with Gasteiger partial charge in [-0.1, -0.05) is 95.6 Å². The van der Waals surface area contributed by atoms with Gasteiger partial charge >= 0.3 is 5.97 Å². The summed E-state index contributed by atoms with van der Waals surface area (Å²) in [6.07, 6.45) is -0.733. The third-order valence-electron chi connectivity index (χ3n) is 6.25. The molecule has 5 rings (SSSR count). The standard InChI is InChI=1S/C29H23Cl2N3O5S3/c1-16(35)42-20-14-41-28-24(33-23(36)15-40-19-12-21(30)32-22(31)13-19)27(37)34(28)25(20)29(38)39-26(17-8-4-2-5-9-17)18-10-6-3-7-11-18/h2-13,24,26,28H,14-15H2,1H3,(H,33,36)/t24-,28-/m1/s1. The summed E-state index contributed by atoms with van der Waals surface area (Å²) in [6, 6.07) is 20.9. The maximum atomic E-state index is 13.8. The van der Waals surface area contributed by atoms with Crippen molar-refractivity contribution in [1.29, 1.82) is 0 Å². The van der Waals surface area contributed by atoms with Gasteiger partial charge in [0, 0.05) is 22.5 Å². The van der Waals surface area contributed by atoms with Gasteiger partial charge < -0.3 is 10.1 Å². The van der Waals surface area contributed by atoms with E-state index in [-0.39, 0.29) is 32.8 Å². The minimum absolute atomic E-state index is 0.0177. The Hall–Kier alpha value is -2.96. The third kappa shape index (κ3) is 6.98. The number of β-lactam (4-membered cyclic amide) rings is 1. The molecule has 0 bridgehead atoms. The van der Waals surface area contributed by atoms with Crippen molar-refractivity contribution in [3.05, 3.63) is 105 Å². The zero-order valence-electron chi connectivity index (χ0n) is 22.0. The average molecular weight is 661 g/mol. The molecule has 0 aliphatic carbocycles. The van der Waals surface area contributed by atoms with Crippen LogP contribution in [-0.4, -0.2) is 55.7 Å². The van der Waals surface area contributed by atoms with Crippen molar-refractivity contribution in [2.24, 2.45) is 0 Å². The summed E-state index contributed by atoms with van der Waals surface area (Å²) in [7, 11) is 0. The smallest absolute Gasteiger partial charge is 0.356 e. The van der Waals surface area contributed by atoms with Gasteiger partial charge in [0.15, 0.2) is 11.2 Å². The first-order valence-corrected chi connectivity index (χ1v) is 16.2. The Morgan fingerprint density at radius 3 is 2.21 bits per heavy atom. The van der Waals surface area contributed by atoms with Crippen molar-refractivity contribution >= 4 is 81.4 Å². The fourth-order valence-corrected chi connectivity index (χ4v) is 8.09. The number of carbonyl (C=O) groups is 4. The molecule has 0 spiro atoms. The molecule has 2 atom stereocenters. The van der Waals surface area contributed by atoms with Crippen LogP contribution in [0, 0.1) is 0 Å². The van der Waals surface area contributed by atoms with Crippen LogP contribution in [0.5, 0.6) is 0 Å². The van der Waals surface area contributed by atoms with E-state index < -0.39 is 29.4 Å². The van der Waals surface area contributed by atoms with Crippen LogP contribution in [0.2, 0.25) is 10.3 Å². The van der Waals surface area contributed by atoms with Gasteiger partial charge in [-0.2, -0.15) is 0 Å². The van der Waals surface area contributed by atoms with Gasteiger partial charge in [0.2, 0.25) is 5.91 Å². The molecule has 1 fully saturated rings. The Morgan fingerprint density at radius 2 is 1.64 bits per heavy atom. The first-order chi connectivity index (χ1) is 20.2. The SMILES string of the molecule is CC(=O)SC1=C(C(=O)OC(c2ccccc2)c2ccccc2)N2C(=O)[C@@H](NC(=O)CSc3cc(Cl)nc(Cl)c3)[C@H]2SC1. The van der Waals surface area contributed by atoms with Crippen LogP contribution in [0.1, 0.15) is 24.2 Å². The number of esters is 1. The van der Waals surface area contributed by atoms with E-state index in [0.717, 1.165) is 22.9 Å². The number of thioether (sulfide) groups is 3. The summed E-state index contributed by atoms with van der Waals surface area (Å²) in [4.78, 5) is 58.3. The number of carbonyl (C=O) groups excluding carboxylic acids is 4. The van der Waals surface area contributed by atoms with E-state index in [1.165, 1.54) is 35.3 Å². The molecule has 2 aromatic carbocycles. The van der Waals surface area contributed by atoms with E-state index in [1.54, 1.807) is 12.1 Å². The molecular formula is C29H23Cl2N3O5S3. The molecule has 13 heteroatoms. The number of pyridine rings is 1. The monoisotopic (exact) mass is 659 g/mol. The lowest BCUT2D eigenvalue weighted by Gasteiger charge is -2.49. The molecule has 1 saturated heterocycles. The normalized spacial score (nSPS) is 17.9. The van der Waals surface area contributed by atoms with Crippen molar-refractivity contribution in [2.45, 2.75) is 29.3 Å². The van der Waals surface area contributed by atoms with Gasteiger partial charge in [-0.25, -0.2) is 9.78 Å². The number of fused-ring (bicyclic) bond motifs is 1. The zero-order chi connectivity index (χ0) is 29.8. The van der Waals surface area contributed by atoms with Gasteiger partial charge in [-0.05, 0) is 23.3 Å². The number of rotatable bonds is 9. The number of ether oxygens (including phenoxy) is 1. The highest BCUT2D eigenvalue weighted by molar-refractivity contribution is 8.17. The largest absolute Gasteiger partial charge is 0.448 e. The Morgan fingerprint density at radius 1 is 1.05 bits per heavy atom. The summed E-state index contributed by atoms with van der Waals surface area (Å²) in [5, 5.41) is 2.44. The molecular weight excluding hydrogens is 637 g/mol.